The zero-order valence-corrected chi connectivity index (χ0v) is 14.4. The first-order chi connectivity index (χ1) is 9.79. The molecule has 102 valence electrons. The molecule has 0 spiro atoms. The van der Waals surface area contributed by atoms with E-state index in [-0.39, 0.29) is 35.9 Å². The summed E-state index contributed by atoms with van der Waals surface area (Å²) in [4.78, 5) is 13.9. The van der Waals surface area contributed by atoms with Gasteiger partial charge in [-0.3, -0.25) is 0 Å². The van der Waals surface area contributed by atoms with E-state index in [0.717, 1.165) is 4.47 Å². The molecule has 0 aliphatic carbocycles. The molecule has 0 unspecified atom stereocenters. The molecule has 0 bridgehead atoms. The predicted octanol–water partition coefficient (Wildman–Crippen LogP) is 1.06. The molecule has 0 saturated carbocycles. The number of hydrogen-bond donors (Lipinski definition) is 0. The van der Waals surface area contributed by atoms with E-state index in [0.29, 0.717) is 0 Å². The van der Waals surface area contributed by atoms with Gasteiger partial charge in [-0.25, -0.2) is 0 Å². The molecule has 0 amide bonds. The van der Waals surface area contributed by atoms with Crippen LogP contribution in [0.3, 0.4) is 0 Å². The molecule has 2 aromatic carbocycles. The molecule has 0 N–H and O–H groups in total. The summed E-state index contributed by atoms with van der Waals surface area (Å²) in [6.45, 7) is 0. The zero-order chi connectivity index (χ0) is 14.2. The van der Waals surface area contributed by atoms with E-state index in [9.17, 15) is 4.79 Å². The van der Waals surface area contributed by atoms with E-state index in [1.54, 1.807) is 0 Å². The predicted molar refractivity (Wildman–Crippen MR) is 83.8 cm³/mol. The molecule has 0 heterocycles. The first kappa shape index (κ1) is 15.1. The summed E-state index contributed by atoms with van der Waals surface area (Å²) in [5.41, 5.74) is 0. The van der Waals surface area contributed by atoms with Crippen molar-refractivity contribution in [3.8, 4) is 0 Å². The van der Waals surface area contributed by atoms with E-state index in [1.165, 1.54) is 16.0 Å². The Hall–Kier alpha value is -1.31. The van der Waals surface area contributed by atoms with Crippen molar-refractivity contribution < 1.29 is 9.53 Å². The second kappa shape index (κ2) is 8.08. The van der Waals surface area contributed by atoms with Crippen molar-refractivity contribution in [3.05, 3.63) is 70.1 Å². The fourth-order valence-electron chi connectivity index (χ4n) is 1.45. The van der Waals surface area contributed by atoms with Crippen LogP contribution in [0.2, 0.25) is 0 Å². The summed E-state index contributed by atoms with van der Waals surface area (Å²) in [5.74, 6) is -0.216. The van der Waals surface area contributed by atoms with Crippen LogP contribution in [0, 0.1) is 0 Å². The number of methoxy groups -OCH3 is 1. The summed E-state index contributed by atoms with van der Waals surface area (Å²) < 4.78 is 8.11. The van der Waals surface area contributed by atoms with Crippen molar-refractivity contribution in [2.45, 2.75) is 0 Å². The summed E-state index contributed by atoms with van der Waals surface area (Å²) >= 11 is 0.145. The molecule has 0 aliphatic heterocycles. The number of esters is 1. The Balaban J connectivity index is 2.13. The zero-order valence-electron chi connectivity index (χ0n) is 11.0. The molecular formula is C16H14O2Se2. The average Bonchev–Trinajstić information content (AvgIpc) is 2.52. The minimum atomic E-state index is -0.216. The summed E-state index contributed by atoms with van der Waals surface area (Å²) in [6, 6.07) is 20.3. The van der Waals surface area contributed by atoms with Crippen molar-refractivity contribution in [2.24, 2.45) is 0 Å². The quantitative estimate of drug-likeness (QED) is 0.430. The summed E-state index contributed by atoms with van der Waals surface area (Å²) in [6.07, 6.45) is 0. The van der Waals surface area contributed by atoms with E-state index >= 15 is 0 Å². The van der Waals surface area contributed by atoms with Gasteiger partial charge in [0.1, 0.15) is 0 Å². The van der Waals surface area contributed by atoms with Gasteiger partial charge < -0.3 is 0 Å². The first-order valence-electron chi connectivity index (χ1n) is 6.02. The van der Waals surface area contributed by atoms with Gasteiger partial charge in [0.05, 0.1) is 0 Å². The molecule has 4 heteroatoms. The van der Waals surface area contributed by atoms with Crippen LogP contribution in [0.4, 0.5) is 0 Å². The van der Waals surface area contributed by atoms with E-state index in [2.05, 4.69) is 12.1 Å². The van der Waals surface area contributed by atoms with Gasteiger partial charge in [0.2, 0.25) is 0 Å². The van der Waals surface area contributed by atoms with E-state index < -0.39 is 0 Å². The van der Waals surface area contributed by atoms with E-state index in [4.69, 9.17) is 4.74 Å². The summed E-state index contributed by atoms with van der Waals surface area (Å²) in [7, 11) is 1.44. The van der Waals surface area contributed by atoms with Crippen LogP contribution in [0.1, 0.15) is 0 Å². The van der Waals surface area contributed by atoms with Gasteiger partial charge in [-0.2, -0.15) is 0 Å². The average molecular weight is 396 g/mol. The molecule has 0 saturated heterocycles. The van der Waals surface area contributed by atoms with Crippen molar-refractivity contribution >= 4 is 44.8 Å². The fraction of sp³-hybridized carbons (Fsp3) is 0.0625. The fourth-order valence-corrected chi connectivity index (χ4v) is 5.47. The van der Waals surface area contributed by atoms with Crippen LogP contribution in [0.5, 0.6) is 0 Å². The summed E-state index contributed by atoms with van der Waals surface area (Å²) in [5, 5.41) is 0. The van der Waals surface area contributed by atoms with Gasteiger partial charge in [-0.15, -0.1) is 0 Å². The molecule has 20 heavy (non-hydrogen) atoms. The molecular weight excluding hydrogens is 382 g/mol. The third-order valence-electron chi connectivity index (χ3n) is 2.40. The van der Waals surface area contributed by atoms with Crippen molar-refractivity contribution in [1.29, 1.82) is 0 Å². The SMILES string of the molecule is COC(=O)/C(=C\[Se]c1ccccc1)[Se]c1ccccc1. The van der Waals surface area contributed by atoms with Gasteiger partial charge in [0.15, 0.2) is 0 Å². The van der Waals surface area contributed by atoms with E-state index in [1.807, 2.05) is 53.5 Å². The molecule has 2 aromatic rings. The van der Waals surface area contributed by atoms with Crippen LogP contribution in [-0.2, 0) is 9.53 Å². The monoisotopic (exact) mass is 398 g/mol. The van der Waals surface area contributed by atoms with Crippen LogP contribution >= 0.6 is 0 Å². The van der Waals surface area contributed by atoms with Crippen molar-refractivity contribution in [2.75, 3.05) is 7.11 Å². The molecule has 0 atom stereocenters. The van der Waals surface area contributed by atoms with Gasteiger partial charge in [-0.05, 0) is 0 Å². The maximum atomic E-state index is 11.9. The third kappa shape index (κ3) is 4.66. The second-order valence-corrected chi connectivity index (χ2v) is 8.14. The van der Waals surface area contributed by atoms with Gasteiger partial charge in [-0.1, -0.05) is 0 Å². The van der Waals surface area contributed by atoms with Crippen LogP contribution in [0.25, 0.3) is 0 Å². The number of rotatable bonds is 5. The number of ether oxygens (including phenoxy) is 1. The van der Waals surface area contributed by atoms with Crippen molar-refractivity contribution in [1.82, 2.24) is 0 Å². The van der Waals surface area contributed by atoms with Crippen LogP contribution < -0.4 is 8.92 Å². The number of carbonyl (C=O) groups excluding carboxylic acids is 1. The topological polar surface area (TPSA) is 26.3 Å². The molecule has 0 fully saturated rings. The minimum absolute atomic E-state index is 0.00904. The number of carbonyl (C=O) groups is 1. The van der Waals surface area contributed by atoms with Gasteiger partial charge >= 0.3 is 132 Å². The third-order valence-corrected chi connectivity index (χ3v) is 7.17. The molecule has 2 rings (SSSR count). The Labute approximate surface area is 131 Å². The Bertz CT molecular complexity index is 580. The Morgan fingerprint density at radius 1 is 0.950 bits per heavy atom. The molecule has 0 aliphatic rings. The first-order valence-corrected chi connectivity index (χ1v) is 9.58. The second-order valence-electron chi connectivity index (χ2n) is 3.82. The molecule has 0 aromatic heterocycles. The molecule has 0 radical (unpaired) electrons. The van der Waals surface area contributed by atoms with Crippen LogP contribution in [0.15, 0.2) is 70.1 Å². The Morgan fingerprint density at radius 3 is 2.05 bits per heavy atom. The Morgan fingerprint density at radius 2 is 1.50 bits per heavy atom. The molecule has 2 nitrogen and oxygen atoms in total. The maximum absolute atomic E-state index is 11.9. The number of benzene rings is 2. The van der Waals surface area contributed by atoms with Gasteiger partial charge in [0.25, 0.3) is 0 Å². The number of hydrogen-bond acceptors (Lipinski definition) is 2. The van der Waals surface area contributed by atoms with Crippen LogP contribution in [-0.4, -0.2) is 43.0 Å². The van der Waals surface area contributed by atoms with Gasteiger partial charge in [0, 0.05) is 0 Å². The van der Waals surface area contributed by atoms with Crippen molar-refractivity contribution in [3.63, 3.8) is 0 Å². The normalized spacial score (nSPS) is 11.2. The Kier molecular flexibility index (Phi) is 6.10. The standard InChI is InChI=1S/C16H14O2Se2/c1-18-16(17)15(20-14-10-6-3-7-11-14)12-19-13-8-4-2-5-9-13/h2-12H,1H3/b15-12+.